The molecule has 0 radical (unpaired) electrons. The SMILES string of the molecule is CCNC(=NCC(O)COc1cccc(C(F)(F)F)c1)NC1CCN(C(=O)C(C)C)C1. The third-order valence-electron chi connectivity index (χ3n) is 4.74. The van der Waals surface area contributed by atoms with Crippen molar-refractivity contribution in [2.75, 3.05) is 32.8 Å². The van der Waals surface area contributed by atoms with E-state index in [9.17, 15) is 23.1 Å². The average molecular weight is 444 g/mol. The van der Waals surface area contributed by atoms with Gasteiger partial charge in [-0.15, -0.1) is 0 Å². The number of aliphatic imine (C=N–C) groups is 1. The first-order valence-corrected chi connectivity index (χ1v) is 10.4. The van der Waals surface area contributed by atoms with Crippen molar-refractivity contribution in [3.63, 3.8) is 0 Å². The predicted octanol–water partition coefficient (Wildman–Crippen LogP) is 2.26. The van der Waals surface area contributed by atoms with Crippen LogP contribution in [0.5, 0.6) is 5.75 Å². The van der Waals surface area contributed by atoms with Crippen LogP contribution in [0.3, 0.4) is 0 Å². The standard InChI is InChI=1S/C21H31F3N4O3/c1-4-25-20(27-16-8-9-28(12-16)19(30)14(2)3)26-11-17(29)13-31-18-7-5-6-15(10-18)21(22,23)24/h5-7,10,14,16-17,29H,4,8-9,11-13H2,1-3H3,(H2,25,26,27). The highest BCUT2D eigenvalue weighted by Gasteiger charge is 2.31. The summed E-state index contributed by atoms with van der Waals surface area (Å²) in [7, 11) is 0. The third kappa shape index (κ3) is 7.93. The second kappa shape index (κ2) is 11.2. The fourth-order valence-corrected chi connectivity index (χ4v) is 3.16. The fourth-order valence-electron chi connectivity index (χ4n) is 3.16. The van der Waals surface area contributed by atoms with E-state index in [1.165, 1.54) is 12.1 Å². The molecule has 0 spiro atoms. The Kier molecular flexibility index (Phi) is 8.97. The number of guanidine groups is 1. The summed E-state index contributed by atoms with van der Waals surface area (Å²) >= 11 is 0. The van der Waals surface area contributed by atoms with E-state index in [1.807, 2.05) is 25.7 Å². The van der Waals surface area contributed by atoms with E-state index in [4.69, 9.17) is 4.74 Å². The Labute approximate surface area is 180 Å². The highest BCUT2D eigenvalue weighted by molar-refractivity contribution is 5.81. The number of aliphatic hydroxyl groups is 1. The number of carbonyl (C=O) groups excluding carboxylic acids is 1. The smallest absolute Gasteiger partial charge is 0.416 e. The molecular formula is C21H31F3N4O3. The molecule has 1 aliphatic heterocycles. The summed E-state index contributed by atoms with van der Waals surface area (Å²) in [6, 6.07) is 4.57. The van der Waals surface area contributed by atoms with Crippen LogP contribution in [-0.4, -0.2) is 66.8 Å². The van der Waals surface area contributed by atoms with Gasteiger partial charge in [-0.1, -0.05) is 19.9 Å². The van der Waals surface area contributed by atoms with Crippen LogP contribution in [-0.2, 0) is 11.0 Å². The topological polar surface area (TPSA) is 86.2 Å². The number of hydrogen-bond donors (Lipinski definition) is 3. The monoisotopic (exact) mass is 444 g/mol. The summed E-state index contributed by atoms with van der Waals surface area (Å²) in [6.07, 6.45) is -4.65. The molecule has 0 aromatic heterocycles. The zero-order valence-electron chi connectivity index (χ0n) is 18.1. The largest absolute Gasteiger partial charge is 0.491 e. The van der Waals surface area contributed by atoms with Gasteiger partial charge in [0.1, 0.15) is 18.5 Å². The molecule has 1 amide bonds. The Bertz CT molecular complexity index is 756. The van der Waals surface area contributed by atoms with E-state index in [0.29, 0.717) is 25.6 Å². The van der Waals surface area contributed by atoms with Gasteiger partial charge >= 0.3 is 6.18 Å². The molecule has 0 bridgehead atoms. The number of aliphatic hydroxyl groups excluding tert-OH is 1. The number of rotatable bonds is 8. The van der Waals surface area contributed by atoms with Gasteiger partial charge in [0.25, 0.3) is 0 Å². The number of nitrogens with zero attached hydrogens (tertiary/aromatic N) is 2. The minimum absolute atomic E-state index is 0.00958. The van der Waals surface area contributed by atoms with Crippen molar-refractivity contribution in [1.82, 2.24) is 15.5 Å². The molecule has 0 aliphatic carbocycles. The van der Waals surface area contributed by atoms with Crippen molar-refractivity contribution in [1.29, 1.82) is 0 Å². The van der Waals surface area contributed by atoms with E-state index < -0.39 is 17.8 Å². The lowest BCUT2D eigenvalue weighted by Crippen LogP contribution is -2.45. The number of hydrogen-bond acceptors (Lipinski definition) is 4. The lowest BCUT2D eigenvalue weighted by Gasteiger charge is -2.20. The molecule has 3 N–H and O–H groups in total. The molecule has 0 saturated carbocycles. The molecule has 2 unspecified atom stereocenters. The van der Waals surface area contributed by atoms with Crippen LogP contribution >= 0.6 is 0 Å². The minimum atomic E-state index is -4.45. The highest BCUT2D eigenvalue weighted by Crippen LogP contribution is 2.31. The van der Waals surface area contributed by atoms with E-state index in [0.717, 1.165) is 18.6 Å². The summed E-state index contributed by atoms with van der Waals surface area (Å²) in [4.78, 5) is 18.3. The second-order valence-electron chi connectivity index (χ2n) is 7.78. The van der Waals surface area contributed by atoms with Crippen molar-refractivity contribution in [3.8, 4) is 5.75 Å². The molecule has 1 aliphatic rings. The maximum absolute atomic E-state index is 12.8. The summed E-state index contributed by atoms with van der Waals surface area (Å²) in [5.74, 6) is 0.606. The Morgan fingerprint density at radius 3 is 2.77 bits per heavy atom. The summed E-state index contributed by atoms with van der Waals surface area (Å²) in [5.41, 5.74) is -0.808. The minimum Gasteiger partial charge on any atom is -0.491 e. The van der Waals surface area contributed by atoms with Crippen LogP contribution < -0.4 is 15.4 Å². The second-order valence-corrected chi connectivity index (χ2v) is 7.78. The van der Waals surface area contributed by atoms with Gasteiger partial charge in [0.2, 0.25) is 5.91 Å². The van der Waals surface area contributed by atoms with Gasteiger partial charge in [-0.05, 0) is 31.5 Å². The van der Waals surface area contributed by atoms with E-state index in [-0.39, 0.29) is 36.8 Å². The number of carbonyl (C=O) groups is 1. The third-order valence-corrected chi connectivity index (χ3v) is 4.74. The average Bonchev–Trinajstić information content (AvgIpc) is 3.18. The lowest BCUT2D eigenvalue weighted by atomic mass is 10.2. The summed E-state index contributed by atoms with van der Waals surface area (Å²) in [5, 5.41) is 16.5. The van der Waals surface area contributed by atoms with Crippen LogP contribution in [0, 0.1) is 5.92 Å². The molecular weight excluding hydrogens is 413 g/mol. The molecule has 31 heavy (non-hydrogen) atoms. The molecule has 7 nitrogen and oxygen atoms in total. The Morgan fingerprint density at radius 2 is 2.13 bits per heavy atom. The first kappa shape index (κ1) is 24.8. The highest BCUT2D eigenvalue weighted by atomic mass is 19.4. The van der Waals surface area contributed by atoms with Gasteiger partial charge in [-0.25, -0.2) is 0 Å². The van der Waals surface area contributed by atoms with Gasteiger partial charge < -0.3 is 25.4 Å². The molecule has 2 atom stereocenters. The van der Waals surface area contributed by atoms with Crippen LogP contribution in [0.4, 0.5) is 13.2 Å². The number of alkyl halides is 3. The van der Waals surface area contributed by atoms with Gasteiger partial charge in [0.15, 0.2) is 5.96 Å². The number of nitrogens with one attached hydrogen (secondary N) is 2. The predicted molar refractivity (Wildman–Crippen MR) is 112 cm³/mol. The summed E-state index contributed by atoms with van der Waals surface area (Å²) in [6.45, 7) is 7.36. The maximum Gasteiger partial charge on any atom is 0.416 e. The van der Waals surface area contributed by atoms with Crippen LogP contribution in [0.2, 0.25) is 0 Å². The van der Waals surface area contributed by atoms with Crippen molar-refractivity contribution < 1.29 is 27.8 Å². The maximum atomic E-state index is 12.8. The van der Waals surface area contributed by atoms with E-state index in [1.54, 1.807) is 0 Å². The van der Waals surface area contributed by atoms with Crippen LogP contribution in [0.25, 0.3) is 0 Å². The fraction of sp³-hybridized carbons (Fsp3) is 0.619. The zero-order valence-corrected chi connectivity index (χ0v) is 18.1. The first-order chi connectivity index (χ1) is 14.6. The quantitative estimate of drug-likeness (QED) is 0.423. The van der Waals surface area contributed by atoms with Crippen molar-refractivity contribution >= 4 is 11.9 Å². The van der Waals surface area contributed by atoms with Crippen molar-refractivity contribution in [2.24, 2.45) is 10.9 Å². The Morgan fingerprint density at radius 1 is 1.39 bits per heavy atom. The van der Waals surface area contributed by atoms with Crippen LogP contribution in [0.15, 0.2) is 29.3 Å². The van der Waals surface area contributed by atoms with Gasteiger partial charge in [0.05, 0.1) is 12.1 Å². The normalized spacial score (nSPS) is 18.3. The molecule has 174 valence electrons. The lowest BCUT2D eigenvalue weighted by molar-refractivity contribution is -0.137. The molecule has 2 rings (SSSR count). The number of benzene rings is 1. The van der Waals surface area contributed by atoms with E-state index >= 15 is 0 Å². The number of likely N-dealkylation sites (tertiary alicyclic amines) is 1. The van der Waals surface area contributed by atoms with Crippen LogP contribution in [0.1, 0.15) is 32.8 Å². The molecule has 1 fully saturated rings. The zero-order chi connectivity index (χ0) is 23.0. The summed E-state index contributed by atoms with van der Waals surface area (Å²) < 4.78 is 43.6. The Balaban J connectivity index is 1.85. The Hall–Kier alpha value is -2.49. The van der Waals surface area contributed by atoms with Gasteiger partial charge in [0, 0.05) is 31.6 Å². The number of ether oxygens (including phenoxy) is 1. The molecule has 1 heterocycles. The first-order valence-electron chi connectivity index (χ1n) is 10.4. The van der Waals surface area contributed by atoms with Gasteiger partial charge in [-0.3, -0.25) is 9.79 Å². The molecule has 1 aromatic carbocycles. The van der Waals surface area contributed by atoms with E-state index in [2.05, 4.69) is 15.6 Å². The number of amides is 1. The van der Waals surface area contributed by atoms with Gasteiger partial charge in [-0.2, -0.15) is 13.2 Å². The molecule has 1 saturated heterocycles. The van der Waals surface area contributed by atoms with Crippen molar-refractivity contribution in [3.05, 3.63) is 29.8 Å². The number of halogens is 3. The molecule has 10 heteroatoms. The van der Waals surface area contributed by atoms with Crippen molar-refractivity contribution in [2.45, 2.75) is 45.5 Å². The molecule has 1 aromatic rings.